The van der Waals surface area contributed by atoms with Gasteiger partial charge in [0.1, 0.15) is 5.82 Å². The van der Waals surface area contributed by atoms with Gasteiger partial charge in [-0.25, -0.2) is 17.1 Å². The van der Waals surface area contributed by atoms with E-state index in [2.05, 4.69) is 10.6 Å². The van der Waals surface area contributed by atoms with Crippen molar-refractivity contribution in [2.75, 3.05) is 20.6 Å². The summed E-state index contributed by atoms with van der Waals surface area (Å²) in [6.45, 7) is 1.40. The molecular weight excluding hydrogens is 385 g/mol. The monoisotopic (exact) mass is 407 g/mol. The van der Waals surface area contributed by atoms with Crippen LogP contribution in [0.5, 0.6) is 0 Å². The molecule has 2 N–H and O–H groups in total. The van der Waals surface area contributed by atoms with Crippen molar-refractivity contribution in [3.8, 4) is 0 Å². The third kappa shape index (κ3) is 5.37. The minimum absolute atomic E-state index is 0.0191. The average Bonchev–Trinajstić information content (AvgIpc) is 2.66. The number of halogens is 1. The molecule has 2 aromatic rings. The second-order valence-electron chi connectivity index (χ2n) is 6.34. The molecule has 0 fully saturated rings. The molecule has 1 unspecified atom stereocenters. The van der Waals surface area contributed by atoms with Gasteiger partial charge in [-0.2, -0.15) is 0 Å². The number of sulfonamides is 1. The highest BCUT2D eigenvalue weighted by atomic mass is 32.2. The van der Waals surface area contributed by atoms with E-state index in [1.54, 1.807) is 19.1 Å². The van der Waals surface area contributed by atoms with E-state index in [0.717, 1.165) is 4.31 Å². The average molecular weight is 407 g/mol. The predicted octanol–water partition coefficient (Wildman–Crippen LogP) is 1.68. The van der Waals surface area contributed by atoms with E-state index < -0.39 is 33.7 Å². The van der Waals surface area contributed by atoms with Crippen LogP contribution in [-0.2, 0) is 14.8 Å². The molecule has 1 atom stereocenters. The van der Waals surface area contributed by atoms with Gasteiger partial charge in [0, 0.05) is 19.7 Å². The number of hydrogen-bond acceptors (Lipinski definition) is 4. The zero-order valence-electron chi connectivity index (χ0n) is 15.8. The highest BCUT2D eigenvalue weighted by molar-refractivity contribution is 7.89. The van der Waals surface area contributed by atoms with E-state index in [9.17, 15) is 22.4 Å². The van der Waals surface area contributed by atoms with Crippen molar-refractivity contribution in [2.24, 2.45) is 0 Å². The van der Waals surface area contributed by atoms with E-state index in [-0.39, 0.29) is 17.0 Å². The van der Waals surface area contributed by atoms with Crippen molar-refractivity contribution in [3.63, 3.8) is 0 Å². The lowest BCUT2D eigenvalue weighted by Gasteiger charge is -2.15. The molecule has 7 nitrogen and oxygen atoms in total. The smallest absolute Gasteiger partial charge is 0.251 e. The quantitative estimate of drug-likeness (QED) is 0.730. The van der Waals surface area contributed by atoms with Crippen molar-refractivity contribution >= 4 is 21.8 Å². The molecule has 0 radical (unpaired) electrons. The summed E-state index contributed by atoms with van der Waals surface area (Å²) in [4.78, 5) is 24.3. The summed E-state index contributed by atoms with van der Waals surface area (Å²) in [6.07, 6.45) is 0. The van der Waals surface area contributed by atoms with Crippen molar-refractivity contribution in [3.05, 3.63) is 65.5 Å². The summed E-state index contributed by atoms with van der Waals surface area (Å²) in [5.41, 5.74) is 0.718. The zero-order valence-corrected chi connectivity index (χ0v) is 16.6. The van der Waals surface area contributed by atoms with E-state index in [1.165, 1.54) is 50.5 Å². The number of amides is 2. The van der Waals surface area contributed by atoms with Crippen LogP contribution < -0.4 is 10.6 Å². The van der Waals surface area contributed by atoms with Crippen molar-refractivity contribution in [1.82, 2.24) is 14.9 Å². The maximum atomic E-state index is 13.3. The number of hydrogen-bond donors (Lipinski definition) is 2. The van der Waals surface area contributed by atoms with Crippen LogP contribution in [0, 0.1) is 5.82 Å². The van der Waals surface area contributed by atoms with Gasteiger partial charge in [0.2, 0.25) is 15.9 Å². The van der Waals surface area contributed by atoms with Gasteiger partial charge in [-0.15, -0.1) is 0 Å². The molecule has 0 saturated heterocycles. The number of carbonyl (C=O) groups excluding carboxylic acids is 2. The fraction of sp³-hybridized carbons (Fsp3) is 0.263. The van der Waals surface area contributed by atoms with E-state index >= 15 is 0 Å². The lowest BCUT2D eigenvalue weighted by Crippen LogP contribution is -2.38. The molecule has 2 aromatic carbocycles. The van der Waals surface area contributed by atoms with Crippen LogP contribution in [0.15, 0.2) is 53.4 Å². The van der Waals surface area contributed by atoms with Crippen LogP contribution in [0.4, 0.5) is 4.39 Å². The largest absolute Gasteiger partial charge is 0.348 e. The van der Waals surface area contributed by atoms with E-state index in [0.29, 0.717) is 5.56 Å². The molecule has 0 spiro atoms. The van der Waals surface area contributed by atoms with Crippen LogP contribution in [0.3, 0.4) is 0 Å². The SMILES string of the molecule is CC(NC(=O)CNC(=O)c1cccc(S(=O)(=O)N(C)C)c1)c1cccc(F)c1. The van der Waals surface area contributed by atoms with Crippen molar-refractivity contribution < 1.29 is 22.4 Å². The third-order valence-corrected chi connectivity index (χ3v) is 5.82. The molecule has 0 saturated carbocycles. The normalized spacial score (nSPS) is 12.5. The highest BCUT2D eigenvalue weighted by Crippen LogP contribution is 2.15. The van der Waals surface area contributed by atoms with Crippen LogP contribution >= 0.6 is 0 Å². The predicted molar refractivity (Wildman–Crippen MR) is 103 cm³/mol. The summed E-state index contributed by atoms with van der Waals surface area (Å²) in [7, 11) is -0.881. The first kappa shape index (κ1) is 21.5. The Kier molecular flexibility index (Phi) is 6.87. The second-order valence-corrected chi connectivity index (χ2v) is 8.49. The lowest BCUT2D eigenvalue weighted by molar-refractivity contribution is -0.120. The molecule has 0 aliphatic rings. The fourth-order valence-electron chi connectivity index (χ4n) is 2.42. The summed E-state index contributed by atoms with van der Waals surface area (Å²) in [5, 5.41) is 5.10. The Hall–Kier alpha value is -2.78. The molecule has 28 heavy (non-hydrogen) atoms. The summed E-state index contributed by atoms with van der Waals surface area (Å²) >= 11 is 0. The number of nitrogens with one attached hydrogen (secondary N) is 2. The molecule has 0 aromatic heterocycles. The fourth-order valence-corrected chi connectivity index (χ4v) is 3.37. The van der Waals surface area contributed by atoms with E-state index in [1.807, 2.05) is 0 Å². The van der Waals surface area contributed by atoms with Gasteiger partial charge >= 0.3 is 0 Å². The molecule has 0 aliphatic heterocycles. The summed E-state index contributed by atoms with van der Waals surface area (Å²) in [6, 6.07) is 11.0. The molecule has 9 heteroatoms. The maximum absolute atomic E-state index is 13.3. The van der Waals surface area contributed by atoms with Gasteiger partial charge in [0.25, 0.3) is 5.91 Å². The van der Waals surface area contributed by atoms with Crippen molar-refractivity contribution in [2.45, 2.75) is 17.9 Å². The first-order valence-electron chi connectivity index (χ1n) is 8.47. The Labute approximate surface area is 163 Å². The lowest BCUT2D eigenvalue weighted by atomic mass is 10.1. The molecule has 0 bridgehead atoms. The van der Waals surface area contributed by atoms with Crippen LogP contribution in [0.1, 0.15) is 28.9 Å². The zero-order chi connectivity index (χ0) is 20.9. The number of rotatable bonds is 7. The number of carbonyl (C=O) groups is 2. The second kappa shape index (κ2) is 8.94. The van der Waals surface area contributed by atoms with Gasteiger partial charge in [0.05, 0.1) is 17.5 Å². The Morgan fingerprint density at radius 2 is 1.79 bits per heavy atom. The Balaban J connectivity index is 1.97. The van der Waals surface area contributed by atoms with Gasteiger partial charge in [0.15, 0.2) is 0 Å². The maximum Gasteiger partial charge on any atom is 0.251 e. The standard InChI is InChI=1S/C19H22FN3O4S/c1-13(14-6-4-8-16(20)10-14)22-18(24)12-21-19(25)15-7-5-9-17(11-15)28(26,27)23(2)3/h4-11,13H,12H2,1-3H3,(H,21,25)(H,22,24). The Bertz CT molecular complexity index is 977. The first-order chi connectivity index (χ1) is 13.1. The number of nitrogens with zero attached hydrogens (tertiary/aromatic N) is 1. The molecule has 0 heterocycles. The minimum atomic E-state index is -3.67. The minimum Gasteiger partial charge on any atom is -0.348 e. The molecule has 150 valence electrons. The Morgan fingerprint density at radius 3 is 2.43 bits per heavy atom. The Morgan fingerprint density at radius 1 is 1.11 bits per heavy atom. The number of benzene rings is 2. The van der Waals surface area contributed by atoms with Crippen LogP contribution in [-0.4, -0.2) is 45.2 Å². The third-order valence-electron chi connectivity index (χ3n) is 4.01. The van der Waals surface area contributed by atoms with E-state index in [4.69, 9.17) is 0 Å². The van der Waals surface area contributed by atoms with Crippen LogP contribution in [0.2, 0.25) is 0 Å². The summed E-state index contributed by atoms with van der Waals surface area (Å²) < 4.78 is 38.6. The van der Waals surface area contributed by atoms with Crippen LogP contribution in [0.25, 0.3) is 0 Å². The molecule has 2 rings (SSSR count). The molecule has 2 amide bonds. The van der Waals surface area contributed by atoms with Crippen molar-refractivity contribution in [1.29, 1.82) is 0 Å². The van der Waals surface area contributed by atoms with Gasteiger partial charge < -0.3 is 10.6 Å². The van der Waals surface area contributed by atoms with Gasteiger partial charge in [-0.1, -0.05) is 18.2 Å². The highest BCUT2D eigenvalue weighted by Gasteiger charge is 2.19. The molecular formula is C19H22FN3O4S. The molecule has 0 aliphatic carbocycles. The van der Waals surface area contributed by atoms with Gasteiger partial charge in [-0.05, 0) is 42.8 Å². The first-order valence-corrected chi connectivity index (χ1v) is 9.91. The topological polar surface area (TPSA) is 95.6 Å². The summed E-state index contributed by atoms with van der Waals surface area (Å²) in [5.74, 6) is -1.44. The van der Waals surface area contributed by atoms with Gasteiger partial charge in [-0.3, -0.25) is 9.59 Å².